The Labute approximate surface area is 161 Å². The highest BCUT2D eigenvalue weighted by atomic mass is 16.5. The summed E-state index contributed by atoms with van der Waals surface area (Å²) in [4.78, 5) is 32.1. The molecule has 0 spiro atoms. The number of amides is 1. The number of pyridine rings is 2. The number of fused-ring (bicyclic) bond motifs is 1. The summed E-state index contributed by atoms with van der Waals surface area (Å²) in [5.74, 6) is -0.131. The fourth-order valence-electron chi connectivity index (χ4n) is 2.64. The Morgan fingerprint density at radius 1 is 1.32 bits per heavy atom. The normalized spacial score (nSPS) is 10.3. The van der Waals surface area contributed by atoms with Gasteiger partial charge in [0.15, 0.2) is 6.29 Å². The summed E-state index contributed by atoms with van der Waals surface area (Å²) < 4.78 is 4.99. The number of aromatic nitrogens is 2. The summed E-state index contributed by atoms with van der Waals surface area (Å²) in [6, 6.07) is 12.1. The van der Waals surface area contributed by atoms with Crippen molar-refractivity contribution in [3.8, 4) is 6.07 Å². The number of carbonyl (C=O) groups is 2. The number of benzene rings is 1. The highest BCUT2D eigenvalue weighted by Gasteiger charge is 2.14. The number of nitrogens with one attached hydrogen (secondary N) is 2. The average molecular weight is 375 g/mol. The number of nitriles is 1. The van der Waals surface area contributed by atoms with Crippen LogP contribution in [0, 0.1) is 11.3 Å². The molecule has 0 aliphatic heterocycles. The third-order valence-corrected chi connectivity index (χ3v) is 3.99. The molecule has 0 radical (unpaired) electrons. The van der Waals surface area contributed by atoms with Gasteiger partial charge in [-0.05, 0) is 12.1 Å². The zero-order valence-electron chi connectivity index (χ0n) is 15.1. The molecule has 0 aliphatic carbocycles. The van der Waals surface area contributed by atoms with Crippen LogP contribution >= 0.6 is 0 Å². The lowest BCUT2D eigenvalue weighted by Crippen LogP contribution is -2.15. The van der Waals surface area contributed by atoms with Gasteiger partial charge in [-0.1, -0.05) is 18.2 Å². The molecular formula is C20H17N5O3. The summed E-state index contributed by atoms with van der Waals surface area (Å²) in [5, 5.41) is 15.7. The molecule has 3 rings (SSSR count). The molecule has 28 heavy (non-hydrogen) atoms. The van der Waals surface area contributed by atoms with Gasteiger partial charge in [0.2, 0.25) is 0 Å². The van der Waals surface area contributed by atoms with Crippen LogP contribution in [-0.2, 0) is 4.74 Å². The number of nitrogens with zero attached hydrogens (tertiary/aromatic N) is 3. The highest BCUT2D eigenvalue weighted by molar-refractivity contribution is 6.11. The van der Waals surface area contributed by atoms with Crippen molar-refractivity contribution in [2.45, 2.75) is 0 Å². The molecule has 1 aromatic carbocycles. The van der Waals surface area contributed by atoms with E-state index in [1.807, 2.05) is 12.1 Å². The van der Waals surface area contributed by atoms with Gasteiger partial charge in [-0.15, -0.1) is 0 Å². The number of hydrogen-bond donors (Lipinski definition) is 2. The van der Waals surface area contributed by atoms with Gasteiger partial charge in [-0.3, -0.25) is 9.59 Å². The van der Waals surface area contributed by atoms with Crippen LogP contribution in [0.3, 0.4) is 0 Å². The van der Waals surface area contributed by atoms with Crippen molar-refractivity contribution in [3.05, 3.63) is 59.4 Å². The fourth-order valence-corrected chi connectivity index (χ4v) is 2.64. The van der Waals surface area contributed by atoms with Gasteiger partial charge in [0.25, 0.3) is 5.91 Å². The summed E-state index contributed by atoms with van der Waals surface area (Å²) in [6.07, 6.45) is 2.02. The fraction of sp³-hybridized carbons (Fsp3) is 0.150. The van der Waals surface area contributed by atoms with E-state index in [2.05, 4.69) is 20.6 Å². The minimum Gasteiger partial charge on any atom is -0.383 e. The molecule has 0 bridgehead atoms. The van der Waals surface area contributed by atoms with Crippen LogP contribution in [0.2, 0.25) is 0 Å². The summed E-state index contributed by atoms with van der Waals surface area (Å²) in [7, 11) is 1.58. The van der Waals surface area contributed by atoms with Crippen LogP contribution in [0.15, 0.2) is 42.6 Å². The molecule has 0 unspecified atom stereocenters. The molecule has 0 atom stereocenters. The Bertz CT molecular complexity index is 1080. The molecule has 0 saturated carbocycles. The van der Waals surface area contributed by atoms with E-state index in [0.29, 0.717) is 41.8 Å². The van der Waals surface area contributed by atoms with E-state index in [9.17, 15) is 14.9 Å². The number of rotatable bonds is 7. The van der Waals surface area contributed by atoms with E-state index < -0.39 is 5.91 Å². The third-order valence-electron chi connectivity index (χ3n) is 3.99. The zero-order valence-corrected chi connectivity index (χ0v) is 15.1. The second-order valence-corrected chi connectivity index (χ2v) is 5.83. The number of methoxy groups -OCH3 is 1. The third kappa shape index (κ3) is 4.11. The van der Waals surface area contributed by atoms with Crippen molar-refractivity contribution in [3.63, 3.8) is 0 Å². The van der Waals surface area contributed by atoms with Crippen molar-refractivity contribution in [2.75, 3.05) is 30.9 Å². The average Bonchev–Trinajstić information content (AvgIpc) is 2.73. The molecule has 0 saturated heterocycles. The first-order chi connectivity index (χ1) is 13.7. The van der Waals surface area contributed by atoms with E-state index in [4.69, 9.17) is 4.74 Å². The lowest BCUT2D eigenvalue weighted by atomic mass is 10.1. The van der Waals surface area contributed by atoms with Gasteiger partial charge in [-0.25, -0.2) is 9.97 Å². The Morgan fingerprint density at radius 2 is 2.18 bits per heavy atom. The molecular weight excluding hydrogens is 358 g/mol. The largest absolute Gasteiger partial charge is 0.383 e. The van der Waals surface area contributed by atoms with Crippen LogP contribution < -0.4 is 10.6 Å². The lowest BCUT2D eigenvalue weighted by Gasteiger charge is -2.11. The highest BCUT2D eigenvalue weighted by Crippen LogP contribution is 2.21. The van der Waals surface area contributed by atoms with E-state index in [1.54, 1.807) is 37.4 Å². The number of anilines is 2. The van der Waals surface area contributed by atoms with Crippen molar-refractivity contribution in [1.82, 2.24) is 9.97 Å². The summed E-state index contributed by atoms with van der Waals surface area (Å²) in [6.45, 7) is 0.972. The maximum atomic E-state index is 12.8. The molecule has 2 aromatic heterocycles. The van der Waals surface area contributed by atoms with Crippen molar-refractivity contribution in [1.29, 1.82) is 5.26 Å². The van der Waals surface area contributed by atoms with Crippen LogP contribution in [-0.4, -0.2) is 42.4 Å². The smallest absolute Gasteiger partial charge is 0.259 e. The van der Waals surface area contributed by atoms with Crippen molar-refractivity contribution >= 4 is 34.6 Å². The Hall–Kier alpha value is -3.83. The number of hydrogen-bond acceptors (Lipinski definition) is 7. The molecule has 3 aromatic rings. The standard InChI is InChI=1S/C20H17N5O3/c1-28-8-7-22-17-9-18(23-11-14(17)10-21)25-20(27)16-4-2-3-13-5-6-15(12-26)24-19(13)16/h2-6,9,11-12H,7-8H2,1H3,(H2,22,23,25,27). The van der Waals surface area contributed by atoms with Crippen molar-refractivity contribution < 1.29 is 14.3 Å². The number of aldehydes is 1. The Kier molecular flexibility index (Phi) is 5.89. The first-order valence-corrected chi connectivity index (χ1v) is 8.45. The second-order valence-electron chi connectivity index (χ2n) is 5.83. The topological polar surface area (TPSA) is 117 Å². The van der Waals surface area contributed by atoms with Crippen LogP contribution in [0.1, 0.15) is 26.4 Å². The van der Waals surface area contributed by atoms with Crippen LogP contribution in [0.5, 0.6) is 0 Å². The number of para-hydroxylation sites is 1. The van der Waals surface area contributed by atoms with Gasteiger partial charge < -0.3 is 15.4 Å². The summed E-state index contributed by atoms with van der Waals surface area (Å²) >= 11 is 0. The van der Waals surface area contributed by atoms with Gasteiger partial charge in [-0.2, -0.15) is 5.26 Å². The van der Waals surface area contributed by atoms with Gasteiger partial charge in [0.1, 0.15) is 17.6 Å². The number of carbonyl (C=O) groups excluding carboxylic acids is 2. The first-order valence-electron chi connectivity index (χ1n) is 8.45. The molecule has 2 heterocycles. The van der Waals surface area contributed by atoms with E-state index in [1.165, 1.54) is 6.20 Å². The predicted octanol–water partition coefficient (Wildman–Crippen LogP) is 2.62. The molecule has 0 aliphatic rings. The molecule has 1 amide bonds. The maximum absolute atomic E-state index is 12.8. The minimum absolute atomic E-state index is 0.244. The molecule has 0 fully saturated rings. The molecule has 2 N–H and O–H groups in total. The Balaban J connectivity index is 1.89. The predicted molar refractivity (Wildman–Crippen MR) is 104 cm³/mol. The van der Waals surface area contributed by atoms with E-state index in [0.717, 1.165) is 5.39 Å². The van der Waals surface area contributed by atoms with E-state index in [-0.39, 0.29) is 11.5 Å². The quantitative estimate of drug-likeness (QED) is 0.481. The van der Waals surface area contributed by atoms with Crippen LogP contribution in [0.4, 0.5) is 11.5 Å². The van der Waals surface area contributed by atoms with Crippen molar-refractivity contribution in [2.24, 2.45) is 0 Å². The SMILES string of the molecule is COCCNc1cc(NC(=O)c2cccc3ccc(C=O)nc23)ncc1C#N. The maximum Gasteiger partial charge on any atom is 0.259 e. The van der Waals surface area contributed by atoms with Gasteiger partial charge >= 0.3 is 0 Å². The van der Waals surface area contributed by atoms with E-state index >= 15 is 0 Å². The number of ether oxygens (including phenoxy) is 1. The lowest BCUT2D eigenvalue weighted by molar-refractivity contribution is 0.102. The van der Waals surface area contributed by atoms with Gasteiger partial charge in [0, 0.05) is 31.3 Å². The van der Waals surface area contributed by atoms with Crippen LogP contribution in [0.25, 0.3) is 10.9 Å². The molecule has 8 heteroatoms. The first kappa shape index (κ1) is 18.9. The summed E-state index contributed by atoms with van der Waals surface area (Å²) in [5.41, 5.74) is 1.90. The molecule has 140 valence electrons. The monoisotopic (exact) mass is 375 g/mol. The van der Waals surface area contributed by atoms with Gasteiger partial charge in [0.05, 0.1) is 28.9 Å². The minimum atomic E-state index is -0.416. The Morgan fingerprint density at radius 3 is 2.93 bits per heavy atom. The molecule has 8 nitrogen and oxygen atoms in total. The zero-order chi connectivity index (χ0) is 19.9. The second kappa shape index (κ2) is 8.70.